The van der Waals surface area contributed by atoms with Crippen molar-refractivity contribution in [2.45, 2.75) is 57.6 Å². The SMILES string of the molecule is Cc1ccc(C(=O)NC2CCN(Cc3ccc(N4CCC(NC(=O)c5ccccc5)CC4)nc3)CC2)cc1-c1ccc(OC(F)(F)F)cc1. The molecule has 4 aromatic rings. The number of rotatable bonds is 9. The number of aryl methyl sites for hydroxylation is 1. The van der Waals surface area contributed by atoms with Gasteiger partial charge in [-0.15, -0.1) is 13.2 Å². The smallest absolute Gasteiger partial charge is 0.406 e. The summed E-state index contributed by atoms with van der Waals surface area (Å²) in [7, 11) is 0. The summed E-state index contributed by atoms with van der Waals surface area (Å²) in [5.41, 5.74) is 4.71. The van der Waals surface area contributed by atoms with Crippen LogP contribution in [0.15, 0.2) is 91.1 Å². The second-order valence-electron chi connectivity index (χ2n) is 12.8. The molecular weight excluding hydrogens is 631 g/mol. The zero-order valence-corrected chi connectivity index (χ0v) is 27.4. The Hall–Kier alpha value is -4.90. The van der Waals surface area contributed by atoms with E-state index in [2.05, 4.69) is 37.3 Å². The number of halogens is 3. The van der Waals surface area contributed by atoms with Crippen molar-refractivity contribution in [3.05, 3.63) is 113 Å². The van der Waals surface area contributed by atoms with Gasteiger partial charge in [0.1, 0.15) is 11.6 Å². The van der Waals surface area contributed by atoms with Crippen molar-refractivity contribution in [3.8, 4) is 16.9 Å². The van der Waals surface area contributed by atoms with Crippen molar-refractivity contribution in [1.29, 1.82) is 0 Å². The van der Waals surface area contributed by atoms with E-state index in [9.17, 15) is 22.8 Å². The van der Waals surface area contributed by atoms with Gasteiger partial charge in [0.05, 0.1) is 0 Å². The molecule has 3 heterocycles. The number of ether oxygens (including phenoxy) is 1. The molecule has 2 aliphatic heterocycles. The maximum atomic E-state index is 13.2. The quantitative estimate of drug-likeness (QED) is 0.205. The molecule has 2 aliphatic rings. The molecule has 3 aromatic carbocycles. The van der Waals surface area contributed by atoms with Crippen LogP contribution in [0.3, 0.4) is 0 Å². The Kier molecular flexibility index (Phi) is 10.5. The van der Waals surface area contributed by atoms with E-state index in [1.54, 1.807) is 24.3 Å². The van der Waals surface area contributed by atoms with E-state index in [0.29, 0.717) is 16.7 Å². The zero-order chi connectivity index (χ0) is 34.4. The van der Waals surface area contributed by atoms with Crippen molar-refractivity contribution in [3.63, 3.8) is 0 Å². The molecule has 0 saturated carbocycles. The molecule has 0 aliphatic carbocycles. The summed E-state index contributed by atoms with van der Waals surface area (Å²) in [6.45, 7) is 6.05. The average molecular weight is 672 g/mol. The van der Waals surface area contributed by atoms with Crippen molar-refractivity contribution in [2.24, 2.45) is 0 Å². The van der Waals surface area contributed by atoms with Crippen LogP contribution in [0, 0.1) is 6.92 Å². The monoisotopic (exact) mass is 671 g/mol. The van der Waals surface area contributed by atoms with Gasteiger partial charge in [0, 0.05) is 62.1 Å². The number of amides is 2. The van der Waals surface area contributed by atoms with Gasteiger partial charge in [-0.25, -0.2) is 4.98 Å². The lowest BCUT2D eigenvalue weighted by molar-refractivity contribution is -0.274. The molecule has 2 amide bonds. The first-order valence-corrected chi connectivity index (χ1v) is 16.7. The first kappa shape index (κ1) is 34.0. The van der Waals surface area contributed by atoms with Gasteiger partial charge in [-0.1, -0.05) is 42.5 Å². The average Bonchev–Trinajstić information content (AvgIpc) is 3.10. The van der Waals surface area contributed by atoms with Crippen molar-refractivity contribution < 1.29 is 27.5 Å². The lowest BCUT2D eigenvalue weighted by Crippen LogP contribution is -2.45. The number of hydrogen-bond donors (Lipinski definition) is 2. The fourth-order valence-electron chi connectivity index (χ4n) is 6.48. The Morgan fingerprint density at radius 3 is 2.04 bits per heavy atom. The maximum Gasteiger partial charge on any atom is 0.573 e. The van der Waals surface area contributed by atoms with Crippen LogP contribution in [0.25, 0.3) is 11.1 Å². The highest BCUT2D eigenvalue weighted by molar-refractivity contribution is 5.96. The van der Waals surface area contributed by atoms with Gasteiger partial charge in [0.15, 0.2) is 0 Å². The van der Waals surface area contributed by atoms with E-state index < -0.39 is 6.36 Å². The lowest BCUT2D eigenvalue weighted by Gasteiger charge is -2.34. The number of benzene rings is 3. The Morgan fingerprint density at radius 2 is 1.43 bits per heavy atom. The summed E-state index contributed by atoms with van der Waals surface area (Å²) in [6, 6.07) is 24.8. The molecule has 256 valence electrons. The minimum atomic E-state index is -4.75. The topological polar surface area (TPSA) is 86.8 Å². The fraction of sp³-hybridized carbons (Fsp3) is 0.342. The van der Waals surface area contributed by atoms with Gasteiger partial charge >= 0.3 is 6.36 Å². The van der Waals surface area contributed by atoms with Gasteiger partial charge in [-0.05, 0) is 97.3 Å². The van der Waals surface area contributed by atoms with Crippen molar-refractivity contribution in [1.82, 2.24) is 20.5 Å². The first-order valence-electron chi connectivity index (χ1n) is 16.7. The molecule has 2 N–H and O–H groups in total. The standard InChI is InChI=1S/C38H40F3N5O3/c1-26-7-9-30(23-34(26)28-10-12-33(13-11-28)49-38(39,40)41)37(48)44-31-15-19-45(20-16-31)25-27-8-14-35(42-24-27)46-21-17-32(18-22-46)43-36(47)29-5-3-2-4-6-29/h2-14,23-24,31-32H,15-22,25H2,1H3,(H,43,47)(H,44,48). The second kappa shape index (κ2) is 15.1. The fourth-order valence-corrected chi connectivity index (χ4v) is 6.48. The molecule has 0 spiro atoms. The van der Waals surface area contributed by atoms with Crippen molar-refractivity contribution >= 4 is 17.6 Å². The van der Waals surface area contributed by atoms with Crippen LogP contribution in [-0.4, -0.2) is 66.3 Å². The van der Waals surface area contributed by atoms with Gasteiger partial charge in [0.25, 0.3) is 11.8 Å². The molecule has 0 bridgehead atoms. The number of alkyl halides is 3. The molecule has 0 atom stereocenters. The minimum absolute atomic E-state index is 0.0263. The number of carbonyl (C=O) groups is 2. The number of hydrogen-bond acceptors (Lipinski definition) is 6. The van der Waals surface area contributed by atoms with Crippen LogP contribution in [-0.2, 0) is 6.54 Å². The number of piperidine rings is 2. The van der Waals surface area contributed by atoms with Crippen LogP contribution in [0.4, 0.5) is 19.0 Å². The third-order valence-electron chi connectivity index (χ3n) is 9.23. The van der Waals surface area contributed by atoms with Gasteiger partial charge in [0.2, 0.25) is 0 Å². The predicted octanol–water partition coefficient (Wildman–Crippen LogP) is 6.75. The number of anilines is 1. The summed E-state index contributed by atoms with van der Waals surface area (Å²) in [5, 5.41) is 6.32. The second-order valence-corrected chi connectivity index (χ2v) is 12.8. The van der Waals surface area contributed by atoms with Crippen LogP contribution in [0.2, 0.25) is 0 Å². The van der Waals surface area contributed by atoms with Gasteiger partial charge in [-0.3, -0.25) is 14.5 Å². The zero-order valence-electron chi connectivity index (χ0n) is 27.4. The highest BCUT2D eigenvalue weighted by Gasteiger charge is 2.31. The Balaban J connectivity index is 0.944. The number of carbonyl (C=O) groups excluding carboxylic acids is 2. The van der Waals surface area contributed by atoms with Crippen LogP contribution in [0.1, 0.15) is 57.5 Å². The summed E-state index contributed by atoms with van der Waals surface area (Å²) in [4.78, 5) is 35.1. The Bertz CT molecular complexity index is 1720. The molecular formula is C38H40F3N5O3. The Labute approximate surface area is 284 Å². The third kappa shape index (κ3) is 9.17. The van der Waals surface area contributed by atoms with Crippen LogP contribution < -0.4 is 20.3 Å². The van der Waals surface area contributed by atoms with E-state index in [1.807, 2.05) is 49.5 Å². The number of likely N-dealkylation sites (tertiary alicyclic amines) is 1. The van der Waals surface area contributed by atoms with Crippen molar-refractivity contribution in [2.75, 3.05) is 31.1 Å². The van der Waals surface area contributed by atoms with E-state index in [4.69, 9.17) is 4.98 Å². The van der Waals surface area contributed by atoms with E-state index in [-0.39, 0.29) is 29.6 Å². The molecule has 6 rings (SSSR count). The summed E-state index contributed by atoms with van der Waals surface area (Å²) < 4.78 is 41.6. The van der Waals surface area contributed by atoms with E-state index in [1.165, 1.54) is 12.1 Å². The summed E-state index contributed by atoms with van der Waals surface area (Å²) >= 11 is 0. The van der Waals surface area contributed by atoms with E-state index in [0.717, 1.165) is 80.9 Å². The molecule has 11 heteroatoms. The summed E-state index contributed by atoms with van der Waals surface area (Å²) in [5.74, 6) is 0.465. The predicted molar refractivity (Wildman–Crippen MR) is 182 cm³/mol. The molecule has 2 saturated heterocycles. The Morgan fingerprint density at radius 1 is 0.796 bits per heavy atom. The largest absolute Gasteiger partial charge is 0.573 e. The molecule has 1 aromatic heterocycles. The third-order valence-corrected chi connectivity index (χ3v) is 9.23. The molecule has 49 heavy (non-hydrogen) atoms. The summed E-state index contributed by atoms with van der Waals surface area (Å²) in [6.07, 6.45) is 0.587. The molecule has 0 unspecified atom stereocenters. The normalized spacial score (nSPS) is 16.3. The minimum Gasteiger partial charge on any atom is -0.406 e. The highest BCUT2D eigenvalue weighted by atomic mass is 19.4. The molecule has 0 radical (unpaired) electrons. The molecule has 2 fully saturated rings. The van der Waals surface area contributed by atoms with Crippen LogP contribution >= 0.6 is 0 Å². The van der Waals surface area contributed by atoms with Gasteiger partial charge < -0.3 is 20.3 Å². The first-order chi connectivity index (χ1) is 23.6. The highest BCUT2D eigenvalue weighted by Crippen LogP contribution is 2.29. The molecule has 8 nitrogen and oxygen atoms in total. The number of nitrogens with one attached hydrogen (secondary N) is 2. The van der Waals surface area contributed by atoms with Crippen LogP contribution in [0.5, 0.6) is 5.75 Å². The number of pyridine rings is 1. The number of aromatic nitrogens is 1. The van der Waals surface area contributed by atoms with Gasteiger partial charge in [-0.2, -0.15) is 0 Å². The number of nitrogens with zero attached hydrogens (tertiary/aromatic N) is 3. The lowest BCUT2D eigenvalue weighted by atomic mass is 9.97. The van der Waals surface area contributed by atoms with E-state index >= 15 is 0 Å². The maximum absolute atomic E-state index is 13.2.